The maximum Gasteiger partial charge on any atom is 0.310 e. The van der Waals surface area contributed by atoms with Crippen LogP contribution < -0.4 is 9.47 Å². The first-order valence-electron chi connectivity index (χ1n) is 11.9. The summed E-state index contributed by atoms with van der Waals surface area (Å²) in [6.45, 7) is 11.1. The summed E-state index contributed by atoms with van der Waals surface area (Å²) < 4.78 is 17.6. The first-order chi connectivity index (χ1) is 16.5. The zero-order valence-electron chi connectivity index (χ0n) is 20.6. The molecule has 2 aromatic carbocycles. The number of hydrogen-bond acceptors (Lipinski definition) is 5. The van der Waals surface area contributed by atoms with Crippen LogP contribution in [0.5, 0.6) is 11.5 Å². The van der Waals surface area contributed by atoms with Gasteiger partial charge in [0.05, 0.1) is 22.6 Å². The van der Waals surface area contributed by atoms with E-state index in [1.807, 2.05) is 39.8 Å². The van der Waals surface area contributed by atoms with Crippen LogP contribution in [-0.4, -0.2) is 42.7 Å². The number of fused-ring (bicyclic) bond motifs is 2. The Bertz CT molecular complexity index is 1070. The van der Waals surface area contributed by atoms with E-state index >= 15 is 0 Å². The van der Waals surface area contributed by atoms with E-state index in [-0.39, 0.29) is 23.9 Å². The molecular formula is C27H32Cl3NO4. The van der Waals surface area contributed by atoms with Crippen molar-refractivity contribution < 1.29 is 19.0 Å². The molecule has 5 nitrogen and oxygen atoms in total. The summed E-state index contributed by atoms with van der Waals surface area (Å²) in [6, 6.07) is 9.35. The predicted molar refractivity (Wildman–Crippen MR) is 140 cm³/mol. The minimum absolute atomic E-state index is 0.00230. The van der Waals surface area contributed by atoms with E-state index in [4.69, 9.17) is 49.0 Å². The van der Waals surface area contributed by atoms with E-state index in [9.17, 15) is 4.79 Å². The summed E-state index contributed by atoms with van der Waals surface area (Å²) in [7, 11) is 0. The van der Waals surface area contributed by atoms with E-state index in [0.717, 1.165) is 31.7 Å². The Kier molecular flexibility index (Phi) is 7.82. The Balaban J connectivity index is 1.35. The number of halogens is 3. The zero-order valence-corrected chi connectivity index (χ0v) is 22.9. The summed E-state index contributed by atoms with van der Waals surface area (Å²) >= 11 is 18.6. The van der Waals surface area contributed by atoms with Gasteiger partial charge in [0.1, 0.15) is 23.7 Å². The van der Waals surface area contributed by atoms with Crippen molar-refractivity contribution in [3.63, 3.8) is 0 Å². The molecule has 1 fully saturated rings. The Morgan fingerprint density at radius 2 is 1.77 bits per heavy atom. The van der Waals surface area contributed by atoms with Crippen LogP contribution in [0.25, 0.3) is 0 Å². The van der Waals surface area contributed by atoms with Crippen molar-refractivity contribution in [2.24, 2.45) is 5.92 Å². The van der Waals surface area contributed by atoms with Gasteiger partial charge in [-0.25, -0.2) is 0 Å². The van der Waals surface area contributed by atoms with Crippen molar-refractivity contribution >= 4 is 40.8 Å². The van der Waals surface area contributed by atoms with Gasteiger partial charge in [0.15, 0.2) is 0 Å². The lowest BCUT2D eigenvalue weighted by molar-refractivity contribution is -0.160. The van der Waals surface area contributed by atoms with Crippen molar-refractivity contribution in [3.05, 3.63) is 56.5 Å². The standard InChI is InChI=1S/C27H32Cl3NO4/c1-17(25(32)35-26(2,3)4)14-31-9-7-27(8-10-31)16-34-24-13-19(5-6-21(24)27)33-15-20-22(29)11-18(28)12-23(20)30/h5-6,11-13,17H,7-10,14-16H2,1-4H3. The van der Waals surface area contributed by atoms with Crippen LogP contribution >= 0.6 is 34.8 Å². The van der Waals surface area contributed by atoms with Crippen LogP contribution in [0.1, 0.15) is 51.7 Å². The summed E-state index contributed by atoms with van der Waals surface area (Å²) in [6.07, 6.45) is 1.97. The lowest BCUT2D eigenvalue weighted by atomic mass is 9.74. The lowest BCUT2D eigenvalue weighted by Crippen LogP contribution is -2.46. The second-order valence-electron chi connectivity index (χ2n) is 10.6. The smallest absolute Gasteiger partial charge is 0.310 e. The molecule has 1 atom stereocenters. The summed E-state index contributed by atoms with van der Waals surface area (Å²) in [5, 5.41) is 1.45. The third kappa shape index (κ3) is 6.19. The molecule has 1 unspecified atom stereocenters. The fraction of sp³-hybridized carbons (Fsp3) is 0.519. The van der Waals surface area contributed by atoms with Gasteiger partial charge in [-0.2, -0.15) is 0 Å². The number of ether oxygens (including phenoxy) is 3. The first-order valence-corrected chi connectivity index (χ1v) is 13.1. The molecule has 8 heteroatoms. The fourth-order valence-electron chi connectivity index (χ4n) is 4.75. The molecule has 35 heavy (non-hydrogen) atoms. The highest BCUT2D eigenvalue weighted by molar-refractivity contribution is 6.39. The van der Waals surface area contributed by atoms with Crippen molar-refractivity contribution in [3.8, 4) is 11.5 Å². The van der Waals surface area contributed by atoms with Crippen LogP contribution in [0.2, 0.25) is 15.1 Å². The number of rotatable bonds is 6. The molecule has 0 amide bonds. The monoisotopic (exact) mass is 539 g/mol. The normalized spacial score (nSPS) is 18.1. The average Bonchev–Trinajstić information content (AvgIpc) is 3.11. The summed E-state index contributed by atoms with van der Waals surface area (Å²) in [5.74, 6) is 1.27. The molecule has 2 heterocycles. The molecular weight excluding hydrogens is 509 g/mol. The van der Waals surface area contributed by atoms with Gasteiger partial charge < -0.3 is 19.1 Å². The molecule has 1 saturated heterocycles. The van der Waals surface area contributed by atoms with Crippen LogP contribution in [0.4, 0.5) is 0 Å². The van der Waals surface area contributed by atoms with Gasteiger partial charge in [-0.3, -0.25) is 4.79 Å². The fourth-order valence-corrected chi connectivity index (χ4v) is 5.68. The number of carbonyl (C=O) groups excluding carboxylic acids is 1. The molecule has 0 N–H and O–H groups in total. The molecule has 2 aliphatic heterocycles. The zero-order chi connectivity index (χ0) is 25.4. The van der Waals surface area contributed by atoms with E-state index in [1.54, 1.807) is 12.1 Å². The van der Waals surface area contributed by atoms with E-state index < -0.39 is 5.60 Å². The quantitative estimate of drug-likeness (QED) is 0.372. The van der Waals surface area contributed by atoms with Gasteiger partial charge in [0.2, 0.25) is 0 Å². The number of hydrogen-bond donors (Lipinski definition) is 0. The molecule has 4 rings (SSSR count). The Morgan fingerprint density at radius 3 is 2.40 bits per heavy atom. The van der Waals surface area contributed by atoms with Crippen LogP contribution in [0, 0.1) is 5.92 Å². The molecule has 0 radical (unpaired) electrons. The van der Waals surface area contributed by atoms with Crippen LogP contribution in [-0.2, 0) is 21.6 Å². The lowest BCUT2D eigenvalue weighted by Gasteiger charge is -2.39. The molecule has 2 aromatic rings. The van der Waals surface area contributed by atoms with E-state index in [2.05, 4.69) is 11.0 Å². The Hall–Kier alpha value is -1.66. The number of nitrogens with zero attached hydrogens (tertiary/aromatic N) is 1. The van der Waals surface area contributed by atoms with Crippen molar-refractivity contribution in [2.75, 3.05) is 26.2 Å². The second kappa shape index (κ2) is 10.4. The van der Waals surface area contributed by atoms with Gasteiger partial charge in [0.25, 0.3) is 0 Å². The predicted octanol–water partition coefficient (Wildman–Crippen LogP) is 6.93. The molecule has 2 aliphatic rings. The Morgan fingerprint density at radius 1 is 1.11 bits per heavy atom. The molecule has 1 spiro atoms. The van der Waals surface area contributed by atoms with Gasteiger partial charge in [-0.05, 0) is 64.9 Å². The number of esters is 1. The van der Waals surface area contributed by atoms with Gasteiger partial charge in [-0.15, -0.1) is 0 Å². The molecule has 0 bridgehead atoms. The summed E-state index contributed by atoms with van der Waals surface area (Å²) in [5.41, 5.74) is 1.47. The average molecular weight is 541 g/mol. The largest absolute Gasteiger partial charge is 0.492 e. The second-order valence-corrected chi connectivity index (χ2v) is 11.8. The van der Waals surface area contributed by atoms with Crippen molar-refractivity contribution in [1.29, 1.82) is 0 Å². The minimum Gasteiger partial charge on any atom is -0.492 e. The van der Waals surface area contributed by atoms with Gasteiger partial charge >= 0.3 is 5.97 Å². The molecule has 190 valence electrons. The van der Waals surface area contributed by atoms with Crippen molar-refractivity contribution in [2.45, 2.75) is 58.2 Å². The maximum absolute atomic E-state index is 12.4. The van der Waals surface area contributed by atoms with Gasteiger partial charge in [-0.1, -0.05) is 47.8 Å². The SMILES string of the molecule is CC(CN1CCC2(CC1)COc1cc(OCc3c(Cl)cc(Cl)cc3Cl)ccc12)C(=O)OC(C)(C)C. The highest BCUT2D eigenvalue weighted by atomic mass is 35.5. The number of piperidine rings is 1. The topological polar surface area (TPSA) is 48.0 Å². The third-order valence-corrected chi connectivity index (χ3v) is 7.56. The first kappa shape index (κ1) is 26.4. The van der Waals surface area contributed by atoms with E-state index in [0.29, 0.717) is 39.5 Å². The summed E-state index contributed by atoms with van der Waals surface area (Å²) in [4.78, 5) is 14.7. The van der Waals surface area contributed by atoms with Crippen LogP contribution in [0.3, 0.4) is 0 Å². The molecule has 0 aliphatic carbocycles. The van der Waals surface area contributed by atoms with Crippen molar-refractivity contribution in [1.82, 2.24) is 4.90 Å². The van der Waals surface area contributed by atoms with Crippen LogP contribution in [0.15, 0.2) is 30.3 Å². The molecule has 0 saturated carbocycles. The number of likely N-dealkylation sites (tertiary alicyclic amines) is 1. The molecule has 0 aromatic heterocycles. The highest BCUT2D eigenvalue weighted by Crippen LogP contribution is 2.47. The van der Waals surface area contributed by atoms with Gasteiger partial charge in [0, 0.05) is 34.2 Å². The Labute approximate surface area is 222 Å². The minimum atomic E-state index is -0.460. The maximum atomic E-state index is 12.4. The number of benzene rings is 2. The third-order valence-electron chi connectivity index (χ3n) is 6.67. The highest BCUT2D eigenvalue weighted by Gasteiger charge is 2.43. The number of carbonyl (C=O) groups is 1. The van der Waals surface area contributed by atoms with E-state index in [1.165, 1.54) is 5.56 Å².